The molecule has 0 bridgehead atoms. The van der Waals surface area contributed by atoms with Crippen LogP contribution < -0.4 is 24.4 Å². The number of hydrazone groups is 1. The number of aliphatic hydroxyl groups is 1. The second-order valence-corrected chi connectivity index (χ2v) is 17.5. The van der Waals surface area contributed by atoms with Crippen molar-refractivity contribution >= 4 is 43.4 Å². The van der Waals surface area contributed by atoms with Crippen LogP contribution >= 0.6 is 27.7 Å². The molecule has 49 heavy (non-hydrogen) atoms. The Kier molecular flexibility index (Phi) is 10.5. The number of nitrogens with one attached hydrogen (secondary N) is 2. The summed E-state index contributed by atoms with van der Waals surface area (Å²) in [6.45, 7) is 3.54. The molecule has 4 aliphatic rings. The van der Waals surface area contributed by atoms with Crippen molar-refractivity contribution in [1.29, 1.82) is 0 Å². The highest BCUT2D eigenvalue weighted by Gasteiger charge is 2.60. The number of thioether (sulfide) groups is 1. The molecule has 262 valence electrons. The molecule has 0 amide bonds. The van der Waals surface area contributed by atoms with Gasteiger partial charge in [0.25, 0.3) is 10.0 Å². The second-order valence-electron chi connectivity index (χ2n) is 13.6. The molecule has 3 aromatic rings. The fourth-order valence-corrected chi connectivity index (χ4v) is 11.1. The van der Waals surface area contributed by atoms with E-state index in [4.69, 9.17) is 14.2 Å². The molecule has 0 saturated heterocycles. The average molecular weight is 771 g/mol. The summed E-state index contributed by atoms with van der Waals surface area (Å²) in [6.07, 6.45) is 7.03. The molecule has 1 unspecified atom stereocenters. The van der Waals surface area contributed by atoms with E-state index >= 15 is 0 Å². The van der Waals surface area contributed by atoms with Crippen LogP contribution in [0.1, 0.15) is 68.1 Å². The summed E-state index contributed by atoms with van der Waals surface area (Å²) in [7, 11) is -3.83. The lowest BCUT2D eigenvalue weighted by atomic mass is 9.64. The van der Waals surface area contributed by atoms with E-state index in [0.717, 1.165) is 32.8 Å². The fraction of sp³-hybridized carbons (Fsp3) is 0.486. The van der Waals surface area contributed by atoms with Crippen LogP contribution in [0.5, 0.6) is 17.2 Å². The lowest BCUT2D eigenvalue weighted by Crippen LogP contribution is -2.55. The third-order valence-electron chi connectivity index (χ3n) is 10.2. The molecule has 2 aliphatic carbocycles. The van der Waals surface area contributed by atoms with E-state index in [2.05, 4.69) is 37.2 Å². The number of aliphatic hydroxyl groups excluding tert-OH is 1. The summed E-state index contributed by atoms with van der Waals surface area (Å²) in [5.74, 6) is 2.34. The number of aryl methyl sites for hydroxylation is 1. The first-order valence-electron chi connectivity index (χ1n) is 17.2. The van der Waals surface area contributed by atoms with E-state index in [1.54, 1.807) is 24.3 Å². The number of para-hydroxylation sites is 1. The van der Waals surface area contributed by atoms with Gasteiger partial charge in [-0.3, -0.25) is 0 Å². The Morgan fingerprint density at radius 1 is 1.08 bits per heavy atom. The monoisotopic (exact) mass is 769 g/mol. The van der Waals surface area contributed by atoms with Crippen molar-refractivity contribution in [3.63, 3.8) is 0 Å². The van der Waals surface area contributed by atoms with E-state index in [1.807, 2.05) is 49.0 Å². The molecule has 2 aliphatic heterocycles. The zero-order valence-electron chi connectivity index (χ0n) is 27.7. The van der Waals surface area contributed by atoms with Gasteiger partial charge in [0.15, 0.2) is 0 Å². The molecule has 7 rings (SSSR count). The van der Waals surface area contributed by atoms with Crippen LogP contribution in [-0.2, 0) is 22.0 Å². The quantitative estimate of drug-likeness (QED) is 0.139. The van der Waals surface area contributed by atoms with Gasteiger partial charge in [-0.25, -0.2) is 4.83 Å². The highest BCUT2D eigenvalue weighted by Crippen LogP contribution is 2.61. The van der Waals surface area contributed by atoms with Gasteiger partial charge in [0.05, 0.1) is 30.1 Å². The number of halogens is 1. The SMILES string of the molecule is Cc1ccc(S(=O)(=O)N/N=C2/C[C@H]3Oc4c(Br)c(OCCCOc5ccccc5)cc5c4C3(C[C@@H](CO)NC5)[C@H](SC3CCCC3)C2)cc1. The van der Waals surface area contributed by atoms with E-state index in [0.29, 0.717) is 56.4 Å². The summed E-state index contributed by atoms with van der Waals surface area (Å²) in [4.78, 5) is 2.72. The first kappa shape index (κ1) is 34.7. The molecule has 9 nitrogen and oxygen atoms in total. The Labute approximate surface area is 301 Å². The fourth-order valence-electron chi connectivity index (χ4n) is 7.81. The number of hydrogen-bond donors (Lipinski definition) is 3. The molecule has 1 spiro atoms. The van der Waals surface area contributed by atoms with Crippen molar-refractivity contribution in [1.82, 2.24) is 10.1 Å². The third kappa shape index (κ3) is 7.22. The first-order valence-corrected chi connectivity index (χ1v) is 20.5. The van der Waals surface area contributed by atoms with Gasteiger partial charge in [0.1, 0.15) is 27.8 Å². The minimum atomic E-state index is -3.83. The minimum Gasteiger partial charge on any atom is -0.493 e. The largest absolute Gasteiger partial charge is 0.493 e. The molecule has 3 aromatic carbocycles. The van der Waals surface area contributed by atoms with Gasteiger partial charge in [-0.1, -0.05) is 48.7 Å². The predicted octanol–water partition coefficient (Wildman–Crippen LogP) is 6.63. The number of hydrogen-bond acceptors (Lipinski definition) is 9. The van der Waals surface area contributed by atoms with E-state index in [-0.39, 0.29) is 28.9 Å². The van der Waals surface area contributed by atoms with Crippen LogP contribution in [0.2, 0.25) is 0 Å². The zero-order valence-corrected chi connectivity index (χ0v) is 30.9. The third-order valence-corrected chi connectivity index (χ3v) is 14.0. The van der Waals surface area contributed by atoms with Gasteiger partial charge < -0.3 is 24.6 Å². The lowest BCUT2D eigenvalue weighted by Gasteiger charge is -2.46. The van der Waals surface area contributed by atoms with Gasteiger partial charge in [0.2, 0.25) is 0 Å². The van der Waals surface area contributed by atoms with Crippen LogP contribution in [0.4, 0.5) is 0 Å². The molecule has 3 N–H and O–H groups in total. The first-order chi connectivity index (χ1) is 23.8. The van der Waals surface area contributed by atoms with Crippen molar-refractivity contribution in [3.8, 4) is 17.2 Å². The van der Waals surface area contributed by atoms with Crippen LogP contribution in [0.25, 0.3) is 0 Å². The molecular formula is C37H44BrN3O6S2. The normalized spacial score (nSPS) is 25.7. The maximum absolute atomic E-state index is 13.2. The van der Waals surface area contributed by atoms with Crippen molar-refractivity contribution in [2.75, 3.05) is 19.8 Å². The van der Waals surface area contributed by atoms with Gasteiger partial charge in [-0.2, -0.15) is 25.3 Å². The Morgan fingerprint density at radius 2 is 1.84 bits per heavy atom. The minimum absolute atomic E-state index is 0.0157. The maximum Gasteiger partial charge on any atom is 0.276 e. The van der Waals surface area contributed by atoms with Crippen LogP contribution in [0, 0.1) is 6.92 Å². The molecule has 2 heterocycles. The number of ether oxygens (including phenoxy) is 3. The highest BCUT2D eigenvalue weighted by molar-refractivity contribution is 9.10. The van der Waals surface area contributed by atoms with Crippen molar-refractivity contribution in [2.24, 2.45) is 5.10 Å². The van der Waals surface area contributed by atoms with Gasteiger partial charge >= 0.3 is 0 Å². The summed E-state index contributed by atoms with van der Waals surface area (Å²) < 4.78 is 46.4. The summed E-state index contributed by atoms with van der Waals surface area (Å²) in [6, 6.07) is 18.5. The van der Waals surface area contributed by atoms with Gasteiger partial charge in [-0.15, -0.1) is 0 Å². The average Bonchev–Trinajstić information content (AvgIpc) is 3.70. The Balaban J connectivity index is 1.18. The maximum atomic E-state index is 13.2. The molecule has 0 radical (unpaired) electrons. The van der Waals surface area contributed by atoms with E-state index in [1.165, 1.54) is 31.2 Å². The molecular weight excluding hydrogens is 726 g/mol. The topological polar surface area (TPSA) is 118 Å². The van der Waals surface area contributed by atoms with E-state index < -0.39 is 15.4 Å². The van der Waals surface area contributed by atoms with Crippen molar-refractivity contribution in [2.45, 2.75) is 97.8 Å². The van der Waals surface area contributed by atoms with E-state index in [9.17, 15) is 13.5 Å². The number of nitrogens with zero attached hydrogens (tertiary/aromatic N) is 1. The zero-order chi connectivity index (χ0) is 34.0. The van der Waals surface area contributed by atoms with Crippen molar-refractivity contribution in [3.05, 3.63) is 81.8 Å². The highest BCUT2D eigenvalue weighted by atomic mass is 79.9. The molecule has 0 aromatic heterocycles. The van der Waals surface area contributed by atoms with Crippen LogP contribution in [-0.4, -0.2) is 61.7 Å². The number of benzene rings is 3. The predicted molar refractivity (Wildman–Crippen MR) is 196 cm³/mol. The van der Waals surface area contributed by atoms with Gasteiger partial charge in [-0.05, 0) is 78.0 Å². The van der Waals surface area contributed by atoms with Crippen LogP contribution in [0.15, 0.2) is 75.1 Å². The molecule has 2 fully saturated rings. The van der Waals surface area contributed by atoms with Crippen LogP contribution in [0.3, 0.4) is 0 Å². The standard InChI is InChI=1S/C37H44BrN3O6S2/c1-24-12-14-30(15-13-24)49(43,44)41-40-26-19-32-37(33(20-26)48-29-10-5-6-11-29)21-27(23-42)39-22-25-18-31(35(38)36(47-32)34(25)37)46-17-7-16-45-28-8-3-2-4-9-28/h2-4,8-9,12-15,18,27,29,32-33,39,41-42H,5-7,10-11,16-17,19-23H2,1H3/b40-26-/t27-,32+,33+,37?/m0/s1. The Morgan fingerprint density at radius 3 is 2.59 bits per heavy atom. The van der Waals surface area contributed by atoms with Gasteiger partial charge in [0, 0.05) is 53.6 Å². The summed E-state index contributed by atoms with van der Waals surface area (Å²) >= 11 is 5.88. The molecule has 2 saturated carbocycles. The summed E-state index contributed by atoms with van der Waals surface area (Å²) in [5, 5.41) is 19.3. The second kappa shape index (κ2) is 14.8. The summed E-state index contributed by atoms with van der Waals surface area (Å²) in [5.41, 5.74) is 3.67. The smallest absolute Gasteiger partial charge is 0.276 e. The lowest BCUT2D eigenvalue weighted by molar-refractivity contribution is 0.112. The molecule has 4 atom stereocenters. The Bertz CT molecular complexity index is 1770. The number of sulfonamides is 1. The Hall–Kier alpha value is -2.77. The molecule has 12 heteroatoms. The number of rotatable bonds is 12. The van der Waals surface area contributed by atoms with Crippen molar-refractivity contribution < 1.29 is 27.7 Å².